The standard InChI is InChI=1S/C8H9NO3S/c10-7(11)6-4-5-8(13-6)12-3-1-2-9-5/h4,9H,1-3H2,(H,10,11). The zero-order valence-corrected chi connectivity index (χ0v) is 7.69. The molecule has 70 valence electrons. The lowest BCUT2D eigenvalue weighted by molar-refractivity contribution is 0.0702. The second-order valence-electron chi connectivity index (χ2n) is 2.75. The highest BCUT2D eigenvalue weighted by Gasteiger charge is 2.16. The van der Waals surface area contributed by atoms with Crippen LogP contribution in [0, 0.1) is 0 Å². The molecule has 0 fully saturated rings. The number of rotatable bonds is 1. The Bertz CT molecular complexity index is 311. The van der Waals surface area contributed by atoms with E-state index in [9.17, 15) is 4.79 Å². The number of carboxylic acids is 1. The summed E-state index contributed by atoms with van der Waals surface area (Å²) in [5.74, 6) is -0.900. The first-order valence-corrected chi connectivity index (χ1v) is 4.83. The van der Waals surface area contributed by atoms with Crippen LogP contribution < -0.4 is 10.1 Å². The number of carboxylic acid groups (broad SMARTS) is 1. The number of hydrogen-bond donors (Lipinski definition) is 2. The quantitative estimate of drug-likeness (QED) is 0.721. The molecule has 0 amide bonds. The number of carbonyl (C=O) groups is 1. The summed E-state index contributed by atoms with van der Waals surface area (Å²) in [4.78, 5) is 11.0. The first-order valence-electron chi connectivity index (χ1n) is 4.01. The van der Waals surface area contributed by atoms with Gasteiger partial charge in [-0.05, 0) is 12.5 Å². The lowest BCUT2D eigenvalue weighted by Crippen LogP contribution is -2.01. The maximum atomic E-state index is 10.6. The Morgan fingerprint density at radius 2 is 2.54 bits per heavy atom. The van der Waals surface area contributed by atoms with Crippen molar-refractivity contribution in [1.82, 2.24) is 0 Å². The molecule has 1 aromatic heterocycles. The van der Waals surface area contributed by atoms with Crippen LogP contribution >= 0.6 is 11.3 Å². The average Bonchev–Trinajstić information content (AvgIpc) is 2.38. The smallest absolute Gasteiger partial charge is 0.346 e. The second kappa shape index (κ2) is 3.26. The van der Waals surface area contributed by atoms with Gasteiger partial charge in [0.25, 0.3) is 0 Å². The van der Waals surface area contributed by atoms with Crippen molar-refractivity contribution in [3.05, 3.63) is 10.9 Å². The third-order valence-corrected chi connectivity index (χ3v) is 2.81. The van der Waals surface area contributed by atoms with Crippen molar-refractivity contribution in [1.29, 1.82) is 0 Å². The number of thiophene rings is 1. The molecule has 2 N–H and O–H groups in total. The van der Waals surface area contributed by atoms with Crippen LogP contribution in [0.4, 0.5) is 5.69 Å². The number of hydrogen-bond acceptors (Lipinski definition) is 4. The van der Waals surface area contributed by atoms with E-state index in [1.54, 1.807) is 6.07 Å². The zero-order chi connectivity index (χ0) is 9.26. The number of anilines is 1. The van der Waals surface area contributed by atoms with Gasteiger partial charge in [0.1, 0.15) is 4.88 Å². The van der Waals surface area contributed by atoms with Gasteiger partial charge in [-0.1, -0.05) is 11.3 Å². The average molecular weight is 199 g/mol. The molecule has 0 aromatic carbocycles. The summed E-state index contributed by atoms with van der Waals surface area (Å²) in [6.07, 6.45) is 0.948. The molecule has 0 aliphatic carbocycles. The van der Waals surface area contributed by atoms with Crippen molar-refractivity contribution in [2.24, 2.45) is 0 Å². The van der Waals surface area contributed by atoms with Crippen LogP contribution in [0.2, 0.25) is 0 Å². The Morgan fingerprint density at radius 3 is 3.31 bits per heavy atom. The Labute approximate surface area is 79.1 Å². The molecule has 13 heavy (non-hydrogen) atoms. The molecular weight excluding hydrogens is 190 g/mol. The van der Waals surface area contributed by atoms with Crippen molar-refractivity contribution >= 4 is 23.0 Å². The van der Waals surface area contributed by atoms with Gasteiger partial charge in [0, 0.05) is 6.54 Å². The van der Waals surface area contributed by atoms with Gasteiger partial charge in [-0.2, -0.15) is 0 Å². The molecule has 0 spiro atoms. The van der Waals surface area contributed by atoms with E-state index in [1.165, 1.54) is 11.3 Å². The molecule has 2 heterocycles. The van der Waals surface area contributed by atoms with E-state index in [1.807, 2.05) is 0 Å². The molecule has 5 heteroatoms. The van der Waals surface area contributed by atoms with Gasteiger partial charge in [-0.25, -0.2) is 4.79 Å². The minimum atomic E-state index is -0.900. The molecule has 0 saturated carbocycles. The van der Waals surface area contributed by atoms with Crippen molar-refractivity contribution in [2.75, 3.05) is 18.5 Å². The Balaban J connectivity index is 2.32. The predicted molar refractivity (Wildman–Crippen MR) is 49.9 cm³/mol. The lowest BCUT2D eigenvalue weighted by Gasteiger charge is -1.97. The Kier molecular flexibility index (Phi) is 2.10. The molecule has 0 radical (unpaired) electrons. The van der Waals surface area contributed by atoms with E-state index in [0.717, 1.165) is 18.7 Å². The van der Waals surface area contributed by atoms with Gasteiger partial charge >= 0.3 is 5.97 Å². The molecule has 1 aromatic rings. The van der Waals surface area contributed by atoms with Crippen LogP contribution in [0.3, 0.4) is 0 Å². The van der Waals surface area contributed by atoms with E-state index < -0.39 is 5.97 Å². The summed E-state index contributed by atoms with van der Waals surface area (Å²) in [7, 11) is 0. The Hall–Kier alpha value is -1.23. The molecule has 0 unspecified atom stereocenters. The molecule has 1 aliphatic rings. The highest BCUT2D eigenvalue weighted by Crippen LogP contribution is 2.36. The number of nitrogens with one attached hydrogen (secondary N) is 1. The van der Waals surface area contributed by atoms with Crippen LogP contribution in [-0.4, -0.2) is 24.2 Å². The molecule has 0 atom stereocenters. The first-order chi connectivity index (χ1) is 6.27. The topological polar surface area (TPSA) is 58.6 Å². The van der Waals surface area contributed by atoms with E-state index >= 15 is 0 Å². The third kappa shape index (κ3) is 1.60. The summed E-state index contributed by atoms with van der Waals surface area (Å²) in [5, 5.41) is 12.5. The maximum Gasteiger partial charge on any atom is 0.346 e. The minimum Gasteiger partial charge on any atom is -0.482 e. The molecular formula is C8H9NO3S. The fourth-order valence-corrected chi connectivity index (χ4v) is 2.02. The second-order valence-corrected chi connectivity index (χ2v) is 3.76. The largest absolute Gasteiger partial charge is 0.482 e. The summed E-state index contributed by atoms with van der Waals surface area (Å²) in [6.45, 7) is 1.49. The van der Waals surface area contributed by atoms with Crippen molar-refractivity contribution < 1.29 is 14.6 Å². The monoisotopic (exact) mass is 199 g/mol. The molecule has 0 bridgehead atoms. The first kappa shape index (κ1) is 8.37. The van der Waals surface area contributed by atoms with E-state index in [4.69, 9.17) is 9.84 Å². The fraction of sp³-hybridized carbons (Fsp3) is 0.375. The van der Waals surface area contributed by atoms with E-state index in [2.05, 4.69) is 5.32 Å². The van der Waals surface area contributed by atoms with Gasteiger partial charge in [0.05, 0.1) is 12.3 Å². The van der Waals surface area contributed by atoms with Crippen LogP contribution in [0.5, 0.6) is 5.06 Å². The SMILES string of the molecule is O=C(O)c1cc2c(s1)OCCCN2. The van der Waals surface area contributed by atoms with Crippen molar-refractivity contribution in [3.8, 4) is 5.06 Å². The van der Waals surface area contributed by atoms with E-state index in [0.29, 0.717) is 16.5 Å². The summed E-state index contributed by atoms with van der Waals surface area (Å²) < 4.78 is 5.37. The van der Waals surface area contributed by atoms with Crippen LogP contribution in [0.15, 0.2) is 6.07 Å². The van der Waals surface area contributed by atoms with Gasteiger partial charge in [0.2, 0.25) is 0 Å². The number of fused-ring (bicyclic) bond motifs is 1. The normalized spacial score (nSPS) is 15.1. The Morgan fingerprint density at radius 1 is 1.69 bits per heavy atom. The molecule has 0 saturated heterocycles. The van der Waals surface area contributed by atoms with Gasteiger partial charge < -0.3 is 15.2 Å². The van der Waals surface area contributed by atoms with Gasteiger partial charge in [-0.15, -0.1) is 0 Å². The van der Waals surface area contributed by atoms with E-state index in [-0.39, 0.29) is 0 Å². The van der Waals surface area contributed by atoms with Gasteiger partial charge in [-0.3, -0.25) is 0 Å². The van der Waals surface area contributed by atoms with Crippen LogP contribution in [-0.2, 0) is 0 Å². The maximum absolute atomic E-state index is 10.6. The predicted octanol–water partition coefficient (Wildman–Crippen LogP) is 1.64. The molecule has 4 nitrogen and oxygen atoms in total. The highest BCUT2D eigenvalue weighted by molar-refractivity contribution is 7.16. The third-order valence-electron chi connectivity index (χ3n) is 1.78. The lowest BCUT2D eigenvalue weighted by atomic mass is 10.4. The number of aromatic carboxylic acids is 1. The highest BCUT2D eigenvalue weighted by atomic mass is 32.1. The van der Waals surface area contributed by atoms with Gasteiger partial charge in [0.15, 0.2) is 5.06 Å². The van der Waals surface area contributed by atoms with Crippen molar-refractivity contribution in [3.63, 3.8) is 0 Å². The van der Waals surface area contributed by atoms with Crippen LogP contribution in [0.1, 0.15) is 16.1 Å². The van der Waals surface area contributed by atoms with Crippen LogP contribution in [0.25, 0.3) is 0 Å². The summed E-state index contributed by atoms with van der Waals surface area (Å²) in [6, 6.07) is 1.62. The fourth-order valence-electron chi connectivity index (χ4n) is 1.17. The summed E-state index contributed by atoms with van der Waals surface area (Å²) >= 11 is 1.17. The minimum absolute atomic E-state index is 0.319. The molecule has 2 rings (SSSR count). The summed E-state index contributed by atoms with van der Waals surface area (Å²) in [5.41, 5.74) is 0.805. The zero-order valence-electron chi connectivity index (χ0n) is 6.87. The number of ether oxygens (including phenoxy) is 1. The van der Waals surface area contributed by atoms with Crippen molar-refractivity contribution in [2.45, 2.75) is 6.42 Å². The molecule has 1 aliphatic heterocycles.